The molecule has 1 amide bonds. The summed E-state index contributed by atoms with van der Waals surface area (Å²) in [7, 11) is -3.77. The second-order valence-electron chi connectivity index (χ2n) is 4.34. The Kier molecular flexibility index (Phi) is 3.98. The molecular formula is C12H14N2O4S2. The van der Waals surface area contributed by atoms with Crippen LogP contribution in [0.5, 0.6) is 0 Å². The molecule has 2 rings (SSSR count). The number of nitrogens with two attached hydrogens (primary N) is 1. The lowest BCUT2D eigenvalue weighted by molar-refractivity contribution is 0.0935. The molecule has 0 aromatic carbocycles. The van der Waals surface area contributed by atoms with Gasteiger partial charge in [-0.2, -0.15) is 0 Å². The molecule has 0 aliphatic heterocycles. The molecule has 0 aliphatic carbocycles. The molecule has 0 bridgehead atoms. The first-order valence-electron chi connectivity index (χ1n) is 5.76. The Hall–Kier alpha value is -1.64. The zero-order chi connectivity index (χ0) is 14.9. The maximum Gasteiger partial charge on any atom is 0.252 e. The van der Waals surface area contributed by atoms with Crippen molar-refractivity contribution >= 4 is 27.3 Å². The van der Waals surface area contributed by atoms with Crippen molar-refractivity contribution in [3.8, 4) is 0 Å². The predicted octanol–water partition coefficient (Wildman–Crippen LogP) is 1.79. The summed E-state index contributed by atoms with van der Waals surface area (Å²) in [6.07, 6.45) is 0. The summed E-state index contributed by atoms with van der Waals surface area (Å²) in [4.78, 5) is 12.0. The van der Waals surface area contributed by atoms with E-state index in [9.17, 15) is 13.2 Å². The number of nitrogens with one attached hydrogen (secondary N) is 1. The van der Waals surface area contributed by atoms with Crippen LogP contribution < -0.4 is 10.5 Å². The highest BCUT2D eigenvalue weighted by atomic mass is 32.2. The van der Waals surface area contributed by atoms with Crippen LogP contribution in [-0.4, -0.2) is 14.3 Å². The monoisotopic (exact) mass is 314 g/mol. The first-order chi connectivity index (χ1) is 9.27. The number of hydrogen-bond donors (Lipinski definition) is 2. The number of hydrogen-bond acceptors (Lipinski definition) is 5. The number of primary sulfonamides is 1. The van der Waals surface area contributed by atoms with E-state index in [1.807, 2.05) is 13.0 Å². The molecule has 0 saturated heterocycles. The van der Waals surface area contributed by atoms with Gasteiger partial charge in [0.1, 0.15) is 15.7 Å². The lowest BCUT2D eigenvalue weighted by atomic mass is 10.2. The quantitative estimate of drug-likeness (QED) is 0.898. The second-order valence-corrected chi connectivity index (χ2v) is 7.04. The van der Waals surface area contributed by atoms with Crippen LogP contribution in [0.3, 0.4) is 0 Å². The van der Waals surface area contributed by atoms with E-state index in [2.05, 4.69) is 5.32 Å². The molecule has 8 heteroatoms. The normalized spacial score (nSPS) is 13.2. The SMILES string of the molecule is Cc1ccc(C(C)NC(=O)c2csc(S(N)(=O)=O)c2)o1. The van der Waals surface area contributed by atoms with Crippen molar-refractivity contribution < 1.29 is 17.6 Å². The maximum atomic E-state index is 12.0. The maximum absolute atomic E-state index is 12.0. The number of rotatable bonds is 4. The van der Waals surface area contributed by atoms with E-state index in [-0.39, 0.29) is 21.7 Å². The van der Waals surface area contributed by atoms with E-state index in [1.165, 1.54) is 11.4 Å². The molecule has 2 aromatic heterocycles. The second kappa shape index (κ2) is 5.39. The molecule has 1 unspecified atom stereocenters. The topological polar surface area (TPSA) is 102 Å². The molecule has 0 aliphatic rings. The Morgan fingerprint density at radius 1 is 1.45 bits per heavy atom. The van der Waals surface area contributed by atoms with Gasteiger partial charge in [0.25, 0.3) is 5.91 Å². The van der Waals surface area contributed by atoms with Crippen molar-refractivity contribution in [3.05, 3.63) is 40.7 Å². The third kappa shape index (κ3) is 3.27. The molecule has 1 atom stereocenters. The van der Waals surface area contributed by atoms with Gasteiger partial charge in [-0.05, 0) is 32.0 Å². The standard InChI is InChI=1S/C12H14N2O4S2/c1-7-3-4-10(18-7)8(2)14-12(15)9-5-11(19-6-9)20(13,16)17/h3-6,8H,1-2H3,(H,14,15)(H2,13,16,17). The molecule has 2 aromatic rings. The smallest absolute Gasteiger partial charge is 0.252 e. The summed E-state index contributed by atoms with van der Waals surface area (Å²) in [5.41, 5.74) is 0.258. The molecular weight excluding hydrogens is 300 g/mol. The molecule has 108 valence electrons. The first-order valence-corrected chi connectivity index (χ1v) is 8.18. The third-order valence-electron chi connectivity index (χ3n) is 2.65. The van der Waals surface area contributed by atoms with E-state index >= 15 is 0 Å². The summed E-state index contributed by atoms with van der Waals surface area (Å²) in [6.45, 7) is 3.60. The molecule has 2 heterocycles. The summed E-state index contributed by atoms with van der Waals surface area (Å²) >= 11 is 0.915. The van der Waals surface area contributed by atoms with Gasteiger partial charge >= 0.3 is 0 Å². The number of aryl methyl sites for hydroxylation is 1. The lowest BCUT2D eigenvalue weighted by Gasteiger charge is -2.10. The zero-order valence-corrected chi connectivity index (χ0v) is 12.5. The zero-order valence-electron chi connectivity index (χ0n) is 10.9. The van der Waals surface area contributed by atoms with Crippen molar-refractivity contribution in [1.82, 2.24) is 5.32 Å². The highest BCUT2D eigenvalue weighted by Crippen LogP contribution is 2.20. The predicted molar refractivity (Wildman–Crippen MR) is 75.0 cm³/mol. The molecule has 0 spiro atoms. The van der Waals surface area contributed by atoms with Crippen molar-refractivity contribution in [2.45, 2.75) is 24.1 Å². The number of amides is 1. The van der Waals surface area contributed by atoms with Gasteiger partial charge in [-0.25, -0.2) is 13.6 Å². The fourth-order valence-corrected chi connectivity index (χ4v) is 3.21. The van der Waals surface area contributed by atoms with Crippen LogP contribution in [0.1, 0.15) is 34.8 Å². The average Bonchev–Trinajstić information content (AvgIpc) is 2.95. The van der Waals surface area contributed by atoms with Crippen molar-refractivity contribution in [2.75, 3.05) is 0 Å². The molecule has 6 nitrogen and oxygen atoms in total. The summed E-state index contributed by atoms with van der Waals surface area (Å²) in [6, 6.07) is 4.54. The minimum Gasteiger partial charge on any atom is -0.464 e. The summed E-state index contributed by atoms with van der Waals surface area (Å²) in [5.74, 6) is 1.02. The third-order valence-corrected chi connectivity index (χ3v) is 5.04. The van der Waals surface area contributed by atoms with E-state index in [4.69, 9.17) is 9.56 Å². The average molecular weight is 314 g/mol. The van der Waals surface area contributed by atoms with E-state index in [1.54, 1.807) is 13.0 Å². The van der Waals surface area contributed by atoms with Gasteiger partial charge in [-0.1, -0.05) is 0 Å². The Bertz CT molecular complexity index is 730. The van der Waals surface area contributed by atoms with Gasteiger partial charge in [-0.15, -0.1) is 11.3 Å². The fourth-order valence-electron chi connectivity index (χ4n) is 1.62. The van der Waals surface area contributed by atoms with E-state index in [0.29, 0.717) is 5.76 Å². The van der Waals surface area contributed by atoms with E-state index < -0.39 is 10.0 Å². The van der Waals surface area contributed by atoms with Crippen LogP contribution in [0.2, 0.25) is 0 Å². The molecule has 3 N–H and O–H groups in total. The van der Waals surface area contributed by atoms with Crippen LogP contribution in [0.4, 0.5) is 0 Å². The van der Waals surface area contributed by atoms with Crippen molar-refractivity contribution in [2.24, 2.45) is 5.14 Å². The Balaban J connectivity index is 2.10. The van der Waals surface area contributed by atoms with Gasteiger partial charge in [0.15, 0.2) is 0 Å². The number of sulfonamides is 1. The minimum atomic E-state index is -3.77. The minimum absolute atomic E-state index is 0.0378. The van der Waals surface area contributed by atoms with Gasteiger partial charge in [0.2, 0.25) is 10.0 Å². The number of thiophene rings is 1. The van der Waals surface area contributed by atoms with Gasteiger partial charge in [0, 0.05) is 5.38 Å². The molecule has 0 radical (unpaired) electrons. The van der Waals surface area contributed by atoms with Crippen LogP contribution in [0.15, 0.2) is 32.2 Å². The van der Waals surface area contributed by atoms with E-state index in [0.717, 1.165) is 17.1 Å². The molecule has 0 saturated carbocycles. The van der Waals surface area contributed by atoms with Gasteiger partial charge in [0.05, 0.1) is 11.6 Å². The fraction of sp³-hybridized carbons (Fsp3) is 0.250. The number of carbonyl (C=O) groups excluding carboxylic acids is 1. The summed E-state index contributed by atoms with van der Waals surface area (Å²) in [5, 5.41) is 9.18. The molecule has 0 fully saturated rings. The number of furan rings is 1. The molecule has 20 heavy (non-hydrogen) atoms. The van der Waals surface area contributed by atoms with Crippen LogP contribution in [0, 0.1) is 6.92 Å². The Labute approximate surface area is 120 Å². The largest absolute Gasteiger partial charge is 0.464 e. The van der Waals surface area contributed by atoms with Crippen molar-refractivity contribution in [1.29, 1.82) is 0 Å². The lowest BCUT2D eigenvalue weighted by Crippen LogP contribution is -2.26. The highest BCUT2D eigenvalue weighted by Gasteiger charge is 2.18. The van der Waals surface area contributed by atoms with Gasteiger partial charge in [-0.3, -0.25) is 4.79 Å². The Morgan fingerprint density at radius 2 is 2.15 bits per heavy atom. The van der Waals surface area contributed by atoms with Gasteiger partial charge < -0.3 is 9.73 Å². The number of carbonyl (C=O) groups is 1. The summed E-state index contributed by atoms with van der Waals surface area (Å²) < 4.78 is 27.7. The van der Waals surface area contributed by atoms with Crippen molar-refractivity contribution in [3.63, 3.8) is 0 Å². The van der Waals surface area contributed by atoms with Crippen LogP contribution >= 0.6 is 11.3 Å². The highest BCUT2D eigenvalue weighted by molar-refractivity contribution is 7.91. The van der Waals surface area contributed by atoms with Crippen LogP contribution in [0.25, 0.3) is 0 Å². The Morgan fingerprint density at radius 3 is 2.65 bits per heavy atom. The van der Waals surface area contributed by atoms with Crippen LogP contribution in [-0.2, 0) is 10.0 Å². The first kappa shape index (κ1) is 14.8.